The van der Waals surface area contributed by atoms with Gasteiger partial charge in [0.15, 0.2) is 0 Å². The van der Waals surface area contributed by atoms with Gasteiger partial charge in [-0.1, -0.05) is 27.2 Å². The number of piperidine rings is 1. The maximum absolute atomic E-state index is 3.95. The lowest BCUT2D eigenvalue weighted by molar-refractivity contribution is 0.153. The first-order chi connectivity index (χ1) is 9.06. The van der Waals surface area contributed by atoms with Crippen molar-refractivity contribution in [2.45, 2.75) is 58.9 Å². The average molecular weight is 266 g/mol. The molecule has 1 N–H and O–H groups in total. The van der Waals surface area contributed by atoms with Gasteiger partial charge in [-0.2, -0.15) is 0 Å². The molecule has 2 aliphatic rings. The molecule has 2 heteroatoms. The zero-order valence-corrected chi connectivity index (χ0v) is 13.5. The van der Waals surface area contributed by atoms with Gasteiger partial charge in [-0.15, -0.1) is 0 Å². The van der Waals surface area contributed by atoms with E-state index in [-0.39, 0.29) is 0 Å². The zero-order chi connectivity index (χ0) is 13.8. The van der Waals surface area contributed by atoms with Crippen LogP contribution in [-0.4, -0.2) is 37.6 Å². The summed E-state index contributed by atoms with van der Waals surface area (Å²) in [5.41, 5.74) is 0. The third kappa shape index (κ3) is 4.46. The Labute approximate surface area is 120 Å². The number of likely N-dealkylation sites (tertiary alicyclic amines) is 1. The molecule has 2 fully saturated rings. The summed E-state index contributed by atoms with van der Waals surface area (Å²) in [6.45, 7) is 11.1. The van der Waals surface area contributed by atoms with Crippen molar-refractivity contribution in [2.75, 3.05) is 26.7 Å². The predicted octanol–water partition coefficient (Wildman–Crippen LogP) is 3.38. The maximum Gasteiger partial charge on any atom is 0.0100 e. The summed E-state index contributed by atoms with van der Waals surface area (Å²) in [4.78, 5) is 2.47. The molecule has 0 aromatic carbocycles. The predicted molar refractivity (Wildman–Crippen MR) is 83.4 cm³/mol. The second kappa shape index (κ2) is 7.08. The Hall–Kier alpha value is -0.0800. The van der Waals surface area contributed by atoms with Crippen LogP contribution < -0.4 is 5.32 Å². The topological polar surface area (TPSA) is 15.3 Å². The van der Waals surface area contributed by atoms with Crippen LogP contribution in [0, 0.1) is 23.7 Å². The Morgan fingerprint density at radius 3 is 2.42 bits per heavy atom. The van der Waals surface area contributed by atoms with Gasteiger partial charge in [-0.25, -0.2) is 0 Å². The standard InChI is InChI=1S/C17H34N2/c1-13(2)16-6-5-14(3)11-17(16)18-12-15-7-9-19(4)10-8-15/h13-18H,5-12H2,1-4H3. The minimum absolute atomic E-state index is 0.781. The molecule has 1 aliphatic heterocycles. The molecule has 0 amide bonds. The summed E-state index contributed by atoms with van der Waals surface area (Å²) in [6.07, 6.45) is 7.05. The summed E-state index contributed by atoms with van der Waals surface area (Å²) in [5.74, 6) is 3.58. The van der Waals surface area contributed by atoms with Crippen molar-refractivity contribution in [3.8, 4) is 0 Å². The van der Waals surface area contributed by atoms with Crippen LogP contribution in [0.4, 0.5) is 0 Å². The SMILES string of the molecule is CC1CCC(C(C)C)C(NCC2CCN(C)CC2)C1. The summed E-state index contributed by atoms with van der Waals surface area (Å²) in [6, 6.07) is 0.781. The van der Waals surface area contributed by atoms with Gasteiger partial charge in [-0.05, 0) is 76.0 Å². The van der Waals surface area contributed by atoms with Gasteiger partial charge < -0.3 is 10.2 Å². The maximum atomic E-state index is 3.95. The zero-order valence-electron chi connectivity index (χ0n) is 13.5. The van der Waals surface area contributed by atoms with Crippen molar-refractivity contribution in [3.63, 3.8) is 0 Å². The molecule has 1 saturated heterocycles. The summed E-state index contributed by atoms with van der Waals surface area (Å²) in [5, 5.41) is 3.95. The first kappa shape index (κ1) is 15.3. The third-order valence-electron chi connectivity index (χ3n) is 5.53. The van der Waals surface area contributed by atoms with E-state index in [4.69, 9.17) is 0 Å². The first-order valence-electron chi connectivity index (χ1n) is 8.48. The summed E-state index contributed by atoms with van der Waals surface area (Å²) >= 11 is 0. The van der Waals surface area contributed by atoms with Crippen LogP contribution >= 0.6 is 0 Å². The van der Waals surface area contributed by atoms with Gasteiger partial charge in [-0.3, -0.25) is 0 Å². The lowest BCUT2D eigenvalue weighted by atomic mass is 9.74. The Morgan fingerprint density at radius 1 is 1.11 bits per heavy atom. The Bertz CT molecular complexity index is 256. The Balaban J connectivity index is 1.78. The van der Waals surface area contributed by atoms with Gasteiger partial charge in [0.1, 0.15) is 0 Å². The summed E-state index contributed by atoms with van der Waals surface area (Å²) < 4.78 is 0. The number of hydrogen-bond donors (Lipinski definition) is 1. The molecule has 0 aromatic rings. The number of rotatable bonds is 4. The van der Waals surface area contributed by atoms with Gasteiger partial charge in [0.05, 0.1) is 0 Å². The van der Waals surface area contributed by atoms with Gasteiger partial charge in [0.25, 0.3) is 0 Å². The number of nitrogens with zero attached hydrogens (tertiary/aromatic N) is 1. The first-order valence-corrected chi connectivity index (χ1v) is 8.48. The van der Waals surface area contributed by atoms with Crippen LogP contribution in [0.2, 0.25) is 0 Å². The van der Waals surface area contributed by atoms with Crippen molar-refractivity contribution < 1.29 is 0 Å². The van der Waals surface area contributed by atoms with Crippen LogP contribution in [0.25, 0.3) is 0 Å². The van der Waals surface area contributed by atoms with Crippen molar-refractivity contribution in [2.24, 2.45) is 23.7 Å². The van der Waals surface area contributed by atoms with Crippen LogP contribution in [0.15, 0.2) is 0 Å². The van der Waals surface area contributed by atoms with E-state index in [1.54, 1.807) is 0 Å². The van der Waals surface area contributed by atoms with E-state index in [2.05, 4.69) is 38.0 Å². The van der Waals surface area contributed by atoms with Gasteiger partial charge in [0.2, 0.25) is 0 Å². The summed E-state index contributed by atoms with van der Waals surface area (Å²) in [7, 11) is 2.25. The minimum Gasteiger partial charge on any atom is -0.313 e. The molecule has 112 valence electrons. The van der Waals surface area contributed by atoms with E-state index in [9.17, 15) is 0 Å². The lowest BCUT2D eigenvalue weighted by Crippen LogP contribution is -2.45. The van der Waals surface area contributed by atoms with Crippen molar-refractivity contribution >= 4 is 0 Å². The van der Waals surface area contributed by atoms with Crippen molar-refractivity contribution in [3.05, 3.63) is 0 Å². The van der Waals surface area contributed by atoms with E-state index in [0.717, 1.165) is 29.7 Å². The van der Waals surface area contributed by atoms with E-state index in [1.165, 1.54) is 51.7 Å². The van der Waals surface area contributed by atoms with Crippen molar-refractivity contribution in [1.82, 2.24) is 10.2 Å². The fourth-order valence-corrected chi connectivity index (χ4v) is 4.02. The molecule has 0 spiro atoms. The van der Waals surface area contributed by atoms with Gasteiger partial charge in [0, 0.05) is 6.04 Å². The molecular weight excluding hydrogens is 232 g/mol. The van der Waals surface area contributed by atoms with Gasteiger partial charge >= 0.3 is 0 Å². The fourth-order valence-electron chi connectivity index (χ4n) is 4.02. The average Bonchev–Trinajstić information content (AvgIpc) is 2.38. The van der Waals surface area contributed by atoms with E-state index >= 15 is 0 Å². The van der Waals surface area contributed by atoms with Crippen LogP contribution in [-0.2, 0) is 0 Å². The molecular formula is C17H34N2. The molecule has 3 atom stereocenters. The fraction of sp³-hybridized carbons (Fsp3) is 1.00. The normalized spacial score (nSPS) is 34.9. The highest BCUT2D eigenvalue weighted by atomic mass is 15.1. The molecule has 1 aliphatic carbocycles. The van der Waals surface area contributed by atoms with Crippen LogP contribution in [0.3, 0.4) is 0 Å². The highest BCUT2D eigenvalue weighted by molar-refractivity contribution is 4.86. The Kier molecular flexibility index (Phi) is 5.70. The quantitative estimate of drug-likeness (QED) is 0.839. The lowest BCUT2D eigenvalue weighted by Gasteiger charge is -2.39. The highest BCUT2D eigenvalue weighted by Gasteiger charge is 2.30. The second-order valence-corrected chi connectivity index (χ2v) is 7.59. The molecule has 0 aromatic heterocycles. The van der Waals surface area contributed by atoms with Crippen molar-refractivity contribution in [1.29, 1.82) is 0 Å². The largest absolute Gasteiger partial charge is 0.313 e. The Morgan fingerprint density at radius 2 is 1.79 bits per heavy atom. The van der Waals surface area contributed by atoms with Crippen LogP contribution in [0.1, 0.15) is 52.9 Å². The smallest absolute Gasteiger partial charge is 0.0100 e. The molecule has 1 heterocycles. The van der Waals surface area contributed by atoms with E-state index in [1.807, 2.05) is 0 Å². The molecule has 0 bridgehead atoms. The second-order valence-electron chi connectivity index (χ2n) is 7.59. The highest BCUT2D eigenvalue weighted by Crippen LogP contribution is 2.33. The number of nitrogens with one attached hydrogen (secondary N) is 1. The molecule has 3 unspecified atom stereocenters. The molecule has 1 saturated carbocycles. The monoisotopic (exact) mass is 266 g/mol. The molecule has 2 rings (SSSR count). The van der Waals surface area contributed by atoms with E-state index < -0.39 is 0 Å². The third-order valence-corrected chi connectivity index (χ3v) is 5.53. The molecule has 19 heavy (non-hydrogen) atoms. The number of hydrogen-bond acceptors (Lipinski definition) is 2. The van der Waals surface area contributed by atoms with Crippen LogP contribution in [0.5, 0.6) is 0 Å². The van der Waals surface area contributed by atoms with E-state index in [0.29, 0.717) is 0 Å². The molecule has 0 radical (unpaired) electrons. The minimum atomic E-state index is 0.781. The molecule has 2 nitrogen and oxygen atoms in total.